The van der Waals surface area contributed by atoms with Crippen molar-refractivity contribution in [2.75, 3.05) is 10.6 Å². The Morgan fingerprint density at radius 3 is 2.31 bits per heavy atom. The number of amides is 2. The van der Waals surface area contributed by atoms with E-state index in [1.807, 2.05) is 53.4 Å². The Labute approximate surface area is 156 Å². The number of nitrogens with one attached hydrogen (secondary N) is 2. The van der Waals surface area contributed by atoms with Crippen LogP contribution >= 0.6 is 11.6 Å². The van der Waals surface area contributed by atoms with E-state index in [4.69, 9.17) is 11.6 Å². The number of benzene rings is 2. The molecule has 0 radical (unpaired) electrons. The molecule has 6 heteroatoms. The summed E-state index contributed by atoms with van der Waals surface area (Å²) in [5.74, 6) is -0.406. The van der Waals surface area contributed by atoms with Crippen LogP contribution in [0.5, 0.6) is 0 Å². The number of anilines is 2. The van der Waals surface area contributed by atoms with E-state index >= 15 is 0 Å². The van der Waals surface area contributed by atoms with Gasteiger partial charge in [-0.3, -0.25) is 9.59 Å². The van der Waals surface area contributed by atoms with Crippen LogP contribution in [0.4, 0.5) is 11.4 Å². The summed E-state index contributed by atoms with van der Waals surface area (Å²) in [6.45, 7) is 1.41. The third-order valence-electron chi connectivity index (χ3n) is 3.77. The van der Waals surface area contributed by atoms with Crippen LogP contribution in [0.2, 0.25) is 5.02 Å². The van der Waals surface area contributed by atoms with Crippen LogP contribution in [0.1, 0.15) is 12.5 Å². The Morgan fingerprint density at radius 2 is 1.65 bits per heavy atom. The molecular formula is C20H18ClN3O2. The van der Waals surface area contributed by atoms with E-state index in [0.717, 1.165) is 11.3 Å². The number of carbonyl (C=O) groups excluding carboxylic acids is 2. The molecule has 0 saturated carbocycles. The van der Waals surface area contributed by atoms with Gasteiger partial charge >= 0.3 is 0 Å². The number of hydrogen-bond donors (Lipinski definition) is 2. The first-order chi connectivity index (χ1) is 12.5. The summed E-state index contributed by atoms with van der Waals surface area (Å²) in [6.07, 6.45) is 4.15. The van der Waals surface area contributed by atoms with Gasteiger partial charge in [-0.25, -0.2) is 0 Å². The number of aromatic nitrogens is 1. The first-order valence-electron chi connectivity index (χ1n) is 8.10. The topological polar surface area (TPSA) is 63.1 Å². The lowest BCUT2D eigenvalue weighted by atomic mass is 10.1. The molecule has 26 heavy (non-hydrogen) atoms. The highest BCUT2D eigenvalue weighted by molar-refractivity contribution is 6.31. The van der Waals surface area contributed by atoms with Crippen molar-refractivity contribution >= 4 is 34.8 Å². The summed E-state index contributed by atoms with van der Waals surface area (Å²) in [7, 11) is 0. The molecule has 5 nitrogen and oxygen atoms in total. The third kappa shape index (κ3) is 4.52. The van der Waals surface area contributed by atoms with Gasteiger partial charge < -0.3 is 15.2 Å². The Hall–Kier alpha value is -3.05. The largest absolute Gasteiger partial charge is 0.325 e. The molecule has 0 spiro atoms. The molecular weight excluding hydrogens is 350 g/mol. The summed E-state index contributed by atoms with van der Waals surface area (Å²) in [6, 6.07) is 16.6. The zero-order valence-electron chi connectivity index (χ0n) is 14.2. The van der Waals surface area contributed by atoms with E-state index < -0.39 is 0 Å². The number of nitrogens with zero attached hydrogens (tertiary/aromatic N) is 1. The monoisotopic (exact) mass is 367 g/mol. The first-order valence-corrected chi connectivity index (χ1v) is 8.48. The zero-order valence-corrected chi connectivity index (χ0v) is 15.0. The van der Waals surface area contributed by atoms with Crippen LogP contribution in [0.3, 0.4) is 0 Å². The third-order valence-corrected chi connectivity index (χ3v) is 4.01. The standard InChI is InChI=1S/C20H18ClN3O2/c1-14(25)22-18-9-6-16(21)13-19(18)23-20(26)12-15-4-7-17(8-5-15)24-10-2-3-11-24/h2-11,13H,12H2,1H3,(H,22,25)(H,23,26). The zero-order chi connectivity index (χ0) is 18.5. The van der Waals surface area contributed by atoms with Crippen LogP contribution in [0.25, 0.3) is 5.69 Å². The molecule has 0 fully saturated rings. The molecule has 0 unspecified atom stereocenters. The van der Waals surface area contributed by atoms with Gasteiger partial charge in [0.25, 0.3) is 0 Å². The van der Waals surface area contributed by atoms with Gasteiger partial charge in [0.1, 0.15) is 0 Å². The van der Waals surface area contributed by atoms with Crippen LogP contribution in [-0.2, 0) is 16.0 Å². The number of rotatable bonds is 5. The molecule has 1 heterocycles. The lowest BCUT2D eigenvalue weighted by molar-refractivity contribution is -0.116. The van der Waals surface area contributed by atoms with Gasteiger partial charge in [0, 0.05) is 30.0 Å². The molecule has 0 aliphatic carbocycles. The average Bonchev–Trinajstić information content (AvgIpc) is 3.12. The second kappa shape index (κ2) is 7.89. The van der Waals surface area contributed by atoms with Gasteiger partial charge in [0.15, 0.2) is 0 Å². The predicted octanol–water partition coefficient (Wildman–Crippen LogP) is 4.27. The van der Waals surface area contributed by atoms with Crippen molar-refractivity contribution in [3.05, 3.63) is 77.6 Å². The molecule has 0 bridgehead atoms. The fraction of sp³-hybridized carbons (Fsp3) is 0.100. The first kappa shape index (κ1) is 17.8. The maximum Gasteiger partial charge on any atom is 0.228 e. The minimum Gasteiger partial charge on any atom is -0.325 e. The Kier molecular flexibility index (Phi) is 5.39. The van der Waals surface area contributed by atoms with Gasteiger partial charge in [-0.2, -0.15) is 0 Å². The van der Waals surface area contributed by atoms with E-state index in [2.05, 4.69) is 10.6 Å². The molecule has 3 aromatic rings. The molecule has 1 aromatic heterocycles. The van der Waals surface area contributed by atoms with Gasteiger partial charge in [0.2, 0.25) is 11.8 Å². The second-order valence-electron chi connectivity index (χ2n) is 5.85. The molecule has 132 valence electrons. The van der Waals surface area contributed by atoms with Crippen molar-refractivity contribution in [3.63, 3.8) is 0 Å². The van der Waals surface area contributed by atoms with E-state index in [0.29, 0.717) is 16.4 Å². The van der Waals surface area contributed by atoms with Crippen molar-refractivity contribution in [1.29, 1.82) is 0 Å². The lowest BCUT2D eigenvalue weighted by Crippen LogP contribution is -2.17. The van der Waals surface area contributed by atoms with Crippen molar-refractivity contribution < 1.29 is 9.59 Å². The fourth-order valence-electron chi connectivity index (χ4n) is 2.59. The van der Waals surface area contributed by atoms with E-state index in [9.17, 15) is 9.59 Å². The van der Waals surface area contributed by atoms with Crippen LogP contribution in [0.15, 0.2) is 67.0 Å². The highest BCUT2D eigenvalue weighted by Crippen LogP contribution is 2.26. The maximum absolute atomic E-state index is 12.4. The average molecular weight is 368 g/mol. The molecule has 2 aromatic carbocycles. The van der Waals surface area contributed by atoms with Gasteiger partial charge in [-0.05, 0) is 48.0 Å². The SMILES string of the molecule is CC(=O)Nc1ccc(Cl)cc1NC(=O)Cc1ccc(-n2cccc2)cc1. The highest BCUT2D eigenvalue weighted by atomic mass is 35.5. The summed E-state index contributed by atoms with van der Waals surface area (Å²) in [5.41, 5.74) is 2.91. The van der Waals surface area contributed by atoms with E-state index in [1.54, 1.807) is 18.2 Å². The van der Waals surface area contributed by atoms with E-state index in [-0.39, 0.29) is 18.2 Å². The Morgan fingerprint density at radius 1 is 0.962 bits per heavy atom. The van der Waals surface area contributed by atoms with Gasteiger partial charge in [0.05, 0.1) is 17.8 Å². The van der Waals surface area contributed by atoms with E-state index in [1.165, 1.54) is 6.92 Å². The molecule has 0 aliphatic rings. The van der Waals surface area contributed by atoms with Crippen molar-refractivity contribution in [1.82, 2.24) is 4.57 Å². The van der Waals surface area contributed by atoms with Crippen LogP contribution in [-0.4, -0.2) is 16.4 Å². The normalized spacial score (nSPS) is 10.4. The number of halogens is 1. The van der Waals surface area contributed by atoms with Gasteiger partial charge in [-0.1, -0.05) is 23.7 Å². The molecule has 2 amide bonds. The minimum absolute atomic E-state index is 0.187. The van der Waals surface area contributed by atoms with Crippen LogP contribution in [0, 0.1) is 0 Å². The maximum atomic E-state index is 12.4. The number of hydrogen-bond acceptors (Lipinski definition) is 2. The second-order valence-corrected chi connectivity index (χ2v) is 6.29. The Bertz CT molecular complexity index is 919. The van der Waals surface area contributed by atoms with Crippen molar-refractivity contribution in [2.45, 2.75) is 13.3 Å². The lowest BCUT2D eigenvalue weighted by Gasteiger charge is -2.12. The predicted molar refractivity (Wildman–Crippen MR) is 104 cm³/mol. The molecule has 0 aliphatic heterocycles. The smallest absolute Gasteiger partial charge is 0.228 e. The minimum atomic E-state index is -0.219. The van der Waals surface area contributed by atoms with Crippen LogP contribution < -0.4 is 10.6 Å². The van der Waals surface area contributed by atoms with Gasteiger partial charge in [-0.15, -0.1) is 0 Å². The van der Waals surface area contributed by atoms with Crippen molar-refractivity contribution in [3.8, 4) is 5.69 Å². The van der Waals surface area contributed by atoms with Crippen molar-refractivity contribution in [2.24, 2.45) is 0 Å². The summed E-state index contributed by atoms with van der Waals surface area (Å²) in [5, 5.41) is 5.96. The summed E-state index contributed by atoms with van der Waals surface area (Å²) < 4.78 is 2.00. The summed E-state index contributed by atoms with van der Waals surface area (Å²) >= 11 is 6.00. The summed E-state index contributed by atoms with van der Waals surface area (Å²) in [4.78, 5) is 23.7. The molecule has 2 N–H and O–H groups in total. The quantitative estimate of drug-likeness (QED) is 0.707. The fourth-order valence-corrected chi connectivity index (χ4v) is 2.76. The molecule has 3 rings (SSSR count). The highest BCUT2D eigenvalue weighted by Gasteiger charge is 2.10. The molecule has 0 saturated heterocycles. The Balaban J connectivity index is 1.69. The number of carbonyl (C=O) groups is 2. The molecule has 0 atom stereocenters.